The predicted molar refractivity (Wildman–Crippen MR) is 129 cm³/mol. The number of nitrogens with zero attached hydrogens (tertiary/aromatic N) is 3. The third kappa shape index (κ3) is 4.81. The number of hydrogen-bond acceptors (Lipinski definition) is 4. The van der Waals surface area contributed by atoms with Crippen LogP contribution in [0.5, 0.6) is 5.75 Å². The normalized spacial score (nSPS) is 10.6. The van der Waals surface area contributed by atoms with Gasteiger partial charge in [0, 0.05) is 46.2 Å². The van der Waals surface area contributed by atoms with Crippen molar-refractivity contribution in [3.63, 3.8) is 0 Å². The van der Waals surface area contributed by atoms with E-state index in [0.29, 0.717) is 23.7 Å². The maximum absolute atomic E-state index is 12.6. The Bertz CT molecular complexity index is 1240. The van der Waals surface area contributed by atoms with Crippen molar-refractivity contribution in [3.05, 3.63) is 83.4 Å². The number of pyridine rings is 1. The molecule has 0 bridgehead atoms. The van der Waals surface area contributed by atoms with Crippen LogP contribution in [0.15, 0.2) is 77.8 Å². The summed E-state index contributed by atoms with van der Waals surface area (Å²) in [5, 5.41) is 5.77. The van der Waals surface area contributed by atoms with Crippen LogP contribution in [-0.2, 0) is 0 Å². The molecule has 0 aliphatic heterocycles. The molecule has 2 amide bonds. The van der Waals surface area contributed by atoms with Gasteiger partial charge in [0.25, 0.3) is 0 Å². The SMILES string of the molecule is CCOc1ccc(Br)cc1NC(=O)Nc1ccc(-n2ccnc2-c2ccncc2)cc1C. The number of nitrogens with one attached hydrogen (secondary N) is 2. The van der Waals surface area contributed by atoms with Crippen LogP contribution in [-0.4, -0.2) is 27.2 Å². The Hall–Kier alpha value is -3.65. The maximum Gasteiger partial charge on any atom is 0.323 e. The molecule has 4 aromatic rings. The molecule has 0 fully saturated rings. The molecule has 0 aliphatic carbocycles. The molecule has 0 unspecified atom stereocenters. The molecule has 2 heterocycles. The average molecular weight is 492 g/mol. The molecular weight excluding hydrogens is 470 g/mol. The number of aryl methyl sites for hydroxylation is 1. The zero-order valence-corrected chi connectivity index (χ0v) is 19.3. The van der Waals surface area contributed by atoms with E-state index in [1.54, 1.807) is 24.7 Å². The molecule has 0 atom stereocenters. The molecule has 0 saturated carbocycles. The zero-order chi connectivity index (χ0) is 22.5. The standard InChI is InChI=1S/C24H22BrN5O2/c1-3-32-22-7-4-18(25)15-21(22)29-24(31)28-20-6-5-19(14-16(20)2)30-13-12-27-23(30)17-8-10-26-11-9-17/h4-15H,3H2,1-2H3,(H2,28,29,31). The van der Waals surface area contributed by atoms with Crippen molar-refractivity contribution in [2.24, 2.45) is 0 Å². The summed E-state index contributed by atoms with van der Waals surface area (Å²) < 4.78 is 8.45. The van der Waals surface area contributed by atoms with Gasteiger partial charge in [-0.2, -0.15) is 0 Å². The molecule has 4 rings (SSSR count). The fourth-order valence-corrected chi connectivity index (χ4v) is 3.68. The van der Waals surface area contributed by atoms with Gasteiger partial charge in [-0.15, -0.1) is 0 Å². The highest BCUT2D eigenvalue weighted by molar-refractivity contribution is 9.10. The summed E-state index contributed by atoms with van der Waals surface area (Å²) in [5.74, 6) is 1.44. The summed E-state index contributed by atoms with van der Waals surface area (Å²) in [6, 6.07) is 14.8. The smallest absolute Gasteiger partial charge is 0.323 e. The van der Waals surface area contributed by atoms with Crippen LogP contribution in [0.25, 0.3) is 17.1 Å². The maximum atomic E-state index is 12.6. The van der Waals surface area contributed by atoms with Gasteiger partial charge in [-0.25, -0.2) is 9.78 Å². The number of halogens is 1. The van der Waals surface area contributed by atoms with Gasteiger partial charge in [0.1, 0.15) is 11.6 Å². The van der Waals surface area contributed by atoms with E-state index in [-0.39, 0.29) is 6.03 Å². The molecule has 0 spiro atoms. The lowest BCUT2D eigenvalue weighted by atomic mass is 10.1. The second-order valence-corrected chi connectivity index (χ2v) is 7.92. The van der Waals surface area contributed by atoms with Crippen LogP contribution < -0.4 is 15.4 Å². The highest BCUT2D eigenvalue weighted by Gasteiger charge is 2.12. The Morgan fingerprint density at radius 2 is 1.81 bits per heavy atom. The van der Waals surface area contributed by atoms with Gasteiger partial charge in [0.15, 0.2) is 0 Å². The van der Waals surface area contributed by atoms with E-state index in [4.69, 9.17) is 4.74 Å². The second-order valence-electron chi connectivity index (χ2n) is 7.01. The first-order valence-electron chi connectivity index (χ1n) is 10.1. The van der Waals surface area contributed by atoms with Crippen molar-refractivity contribution < 1.29 is 9.53 Å². The molecule has 0 saturated heterocycles. The van der Waals surface area contributed by atoms with Gasteiger partial charge >= 0.3 is 6.03 Å². The lowest BCUT2D eigenvalue weighted by Crippen LogP contribution is -2.20. The average Bonchev–Trinajstić information content (AvgIpc) is 3.28. The molecule has 2 aromatic carbocycles. The quantitative estimate of drug-likeness (QED) is 0.344. The Balaban J connectivity index is 1.53. The minimum Gasteiger partial charge on any atom is -0.492 e. The number of rotatable bonds is 6. The summed E-state index contributed by atoms with van der Waals surface area (Å²) in [4.78, 5) is 21.2. The number of amides is 2. The lowest BCUT2D eigenvalue weighted by molar-refractivity contribution is 0.262. The first-order chi connectivity index (χ1) is 15.5. The third-order valence-corrected chi connectivity index (χ3v) is 5.30. The van der Waals surface area contributed by atoms with E-state index >= 15 is 0 Å². The Labute approximate surface area is 194 Å². The van der Waals surface area contributed by atoms with E-state index in [1.807, 2.05) is 67.1 Å². The van der Waals surface area contributed by atoms with E-state index in [1.165, 1.54) is 0 Å². The van der Waals surface area contributed by atoms with Crippen molar-refractivity contribution in [2.75, 3.05) is 17.2 Å². The van der Waals surface area contributed by atoms with Crippen LogP contribution in [0.2, 0.25) is 0 Å². The summed E-state index contributed by atoms with van der Waals surface area (Å²) in [5.41, 5.74) is 4.15. The number of aromatic nitrogens is 3. The first kappa shape index (κ1) is 21.6. The largest absolute Gasteiger partial charge is 0.492 e. The number of ether oxygens (including phenoxy) is 1. The predicted octanol–water partition coefficient (Wildman–Crippen LogP) is 6.05. The van der Waals surface area contributed by atoms with Gasteiger partial charge in [-0.05, 0) is 67.9 Å². The molecule has 0 radical (unpaired) electrons. The molecule has 7 nitrogen and oxygen atoms in total. The van der Waals surface area contributed by atoms with Crippen molar-refractivity contribution in [2.45, 2.75) is 13.8 Å². The Morgan fingerprint density at radius 3 is 2.56 bits per heavy atom. The second kappa shape index (κ2) is 9.65. The van der Waals surface area contributed by atoms with Gasteiger partial charge in [-0.3, -0.25) is 9.55 Å². The van der Waals surface area contributed by atoms with Crippen LogP contribution >= 0.6 is 15.9 Å². The van der Waals surface area contributed by atoms with Crippen molar-refractivity contribution in [1.29, 1.82) is 0 Å². The van der Waals surface area contributed by atoms with E-state index in [0.717, 1.165) is 27.1 Å². The summed E-state index contributed by atoms with van der Waals surface area (Å²) in [6.07, 6.45) is 7.16. The first-order valence-corrected chi connectivity index (χ1v) is 10.9. The molecule has 2 N–H and O–H groups in total. The fraction of sp³-hybridized carbons (Fsp3) is 0.125. The van der Waals surface area contributed by atoms with Crippen LogP contribution in [0.4, 0.5) is 16.2 Å². The van der Waals surface area contributed by atoms with Crippen LogP contribution in [0.3, 0.4) is 0 Å². The number of hydrogen-bond donors (Lipinski definition) is 2. The fourth-order valence-electron chi connectivity index (χ4n) is 3.32. The van der Waals surface area contributed by atoms with E-state index in [9.17, 15) is 4.79 Å². The number of benzene rings is 2. The highest BCUT2D eigenvalue weighted by Crippen LogP contribution is 2.29. The Morgan fingerprint density at radius 1 is 1.03 bits per heavy atom. The van der Waals surface area contributed by atoms with Crippen molar-refractivity contribution in [3.8, 4) is 22.8 Å². The molecule has 32 heavy (non-hydrogen) atoms. The van der Waals surface area contributed by atoms with Gasteiger partial charge in [-0.1, -0.05) is 15.9 Å². The number of carbonyl (C=O) groups excluding carboxylic acids is 1. The third-order valence-electron chi connectivity index (χ3n) is 4.81. The lowest BCUT2D eigenvalue weighted by Gasteiger charge is -2.15. The number of imidazole rings is 1. The van der Waals surface area contributed by atoms with Gasteiger partial charge in [0.05, 0.1) is 12.3 Å². The summed E-state index contributed by atoms with van der Waals surface area (Å²) in [7, 11) is 0. The number of urea groups is 1. The molecule has 8 heteroatoms. The van der Waals surface area contributed by atoms with Crippen LogP contribution in [0, 0.1) is 6.92 Å². The Kier molecular flexibility index (Phi) is 6.51. The molecule has 2 aromatic heterocycles. The van der Waals surface area contributed by atoms with Crippen molar-refractivity contribution in [1.82, 2.24) is 14.5 Å². The molecular formula is C24H22BrN5O2. The topological polar surface area (TPSA) is 81.1 Å². The van der Waals surface area contributed by atoms with E-state index < -0.39 is 0 Å². The zero-order valence-electron chi connectivity index (χ0n) is 17.7. The van der Waals surface area contributed by atoms with E-state index in [2.05, 4.69) is 36.5 Å². The van der Waals surface area contributed by atoms with Crippen molar-refractivity contribution >= 4 is 33.3 Å². The minimum atomic E-state index is -0.347. The highest BCUT2D eigenvalue weighted by atomic mass is 79.9. The number of carbonyl (C=O) groups is 1. The minimum absolute atomic E-state index is 0.347. The summed E-state index contributed by atoms with van der Waals surface area (Å²) >= 11 is 3.43. The molecule has 0 aliphatic rings. The van der Waals surface area contributed by atoms with Gasteiger partial charge < -0.3 is 15.4 Å². The van der Waals surface area contributed by atoms with Crippen LogP contribution in [0.1, 0.15) is 12.5 Å². The molecule has 162 valence electrons. The summed E-state index contributed by atoms with van der Waals surface area (Å²) in [6.45, 7) is 4.36. The van der Waals surface area contributed by atoms with Gasteiger partial charge in [0.2, 0.25) is 0 Å². The monoisotopic (exact) mass is 491 g/mol. The number of anilines is 2.